The summed E-state index contributed by atoms with van der Waals surface area (Å²) in [6.07, 6.45) is 2.95. The molecule has 0 heterocycles. The molecule has 0 N–H and O–H groups in total. The minimum atomic E-state index is -1.85. The Kier molecular flexibility index (Phi) is 7.16. The quantitative estimate of drug-likeness (QED) is 0.488. The average Bonchev–Trinajstić information content (AvgIpc) is 2.71. The summed E-state index contributed by atoms with van der Waals surface area (Å²) in [5, 5.41) is 13.3. The molecule has 0 aliphatic carbocycles. The summed E-state index contributed by atoms with van der Waals surface area (Å²) in [7, 11) is -1.85. The molecule has 26 heavy (non-hydrogen) atoms. The highest BCUT2D eigenvalue weighted by atomic mass is 35.5. The van der Waals surface area contributed by atoms with Crippen LogP contribution in [0.25, 0.3) is 0 Å². The van der Waals surface area contributed by atoms with Gasteiger partial charge < -0.3 is 12.4 Å². The molecule has 3 rings (SSSR count). The van der Waals surface area contributed by atoms with Gasteiger partial charge in [-0.05, 0) is 49.4 Å². The Bertz CT molecular complexity index is 787. The molecule has 0 aliphatic heterocycles. The maximum atomic E-state index is 9.24. The predicted octanol–water partition coefficient (Wildman–Crippen LogP) is 1.45. The topological polar surface area (TPSA) is 23.8 Å². The van der Waals surface area contributed by atoms with E-state index in [0.717, 1.165) is 11.7 Å². The minimum absolute atomic E-state index is 0. The summed E-state index contributed by atoms with van der Waals surface area (Å²) < 4.78 is 0. The van der Waals surface area contributed by atoms with E-state index in [9.17, 15) is 5.26 Å². The second-order valence-electron chi connectivity index (χ2n) is 6.00. The molecule has 0 bridgehead atoms. The SMILES string of the molecule is C/C(C#N)=C/C[P+](c1ccccc1)(c1ccccc1)c1ccccc1.[Cl-]. The molecule has 0 radical (unpaired) electrons. The second kappa shape index (κ2) is 9.35. The first-order valence-corrected chi connectivity index (χ1v) is 10.4. The summed E-state index contributed by atoms with van der Waals surface area (Å²) in [5.74, 6) is 0. The lowest BCUT2D eigenvalue weighted by Crippen LogP contribution is -3.00. The third kappa shape index (κ3) is 4.05. The molecular formula is C23H21ClNP. The van der Waals surface area contributed by atoms with Gasteiger partial charge >= 0.3 is 0 Å². The van der Waals surface area contributed by atoms with Crippen molar-refractivity contribution in [3.8, 4) is 6.07 Å². The normalized spacial score (nSPS) is 11.3. The zero-order chi connectivity index (χ0) is 17.5. The lowest BCUT2D eigenvalue weighted by molar-refractivity contribution is -0.00000515. The highest BCUT2D eigenvalue weighted by Gasteiger charge is 2.44. The molecule has 3 heteroatoms. The first-order chi connectivity index (χ1) is 12.3. The van der Waals surface area contributed by atoms with Crippen molar-refractivity contribution < 1.29 is 12.4 Å². The van der Waals surface area contributed by atoms with E-state index in [1.54, 1.807) is 0 Å². The fraction of sp³-hybridized carbons (Fsp3) is 0.0870. The van der Waals surface area contributed by atoms with E-state index in [2.05, 4.69) is 103 Å². The molecule has 0 saturated heterocycles. The third-order valence-electron chi connectivity index (χ3n) is 4.44. The highest BCUT2D eigenvalue weighted by Crippen LogP contribution is 2.55. The van der Waals surface area contributed by atoms with Crippen molar-refractivity contribution in [1.29, 1.82) is 5.26 Å². The van der Waals surface area contributed by atoms with Gasteiger partial charge in [0.2, 0.25) is 0 Å². The minimum Gasteiger partial charge on any atom is -1.00 e. The molecule has 0 spiro atoms. The van der Waals surface area contributed by atoms with Crippen LogP contribution in [0.15, 0.2) is 103 Å². The number of benzene rings is 3. The van der Waals surface area contributed by atoms with Gasteiger partial charge in [-0.2, -0.15) is 5.26 Å². The summed E-state index contributed by atoms with van der Waals surface area (Å²) in [4.78, 5) is 0. The molecule has 0 amide bonds. The van der Waals surface area contributed by atoms with Crippen molar-refractivity contribution in [2.24, 2.45) is 0 Å². The maximum absolute atomic E-state index is 9.24. The Morgan fingerprint density at radius 2 is 1.12 bits per heavy atom. The first kappa shape index (κ1) is 19.9. The number of hydrogen-bond acceptors (Lipinski definition) is 1. The Morgan fingerprint density at radius 3 is 1.42 bits per heavy atom. The maximum Gasteiger partial charge on any atom is 0.116 e. The van der Waals surface area contributed by atoms with Crippen molar-refractivity contribution in [2.45, 2.75) is 6.92 Å². The fourth-order valence-corrected chi connectivity index (χ4v) is 7.25. The van der Waals surface area contributed by atoms with E-state index in [1.807, 2.05) is 6.92 Å². The summed E-state index contributed by atoms with van der Waals surface area (Å²) in [6, 6.07) is 34.5. The van der Waals surface area contributed by atoms with Gasteiger partial charge in [-0.1, -0.05) is 54.6 Å². The van der Waals surface area contributed by atoms with Crippen LogP contribution < -0.4 is 28.3 Å². The number of rotatable bonds is 5. The van der Waals surface area contributed by atoms with Gasteiger partial charge in [-0.25, -0.2) is 0 Å². The van der Waals surface area contributed by atoms with Crippen LogP contribution >= 0.6 is 7.26 Å². The van der Waals surface area contributed by atoms with E-state index in [1.165, 1.54) is 15.9 Å². The Balaban J connectivity index is 0.00000243. The molecule has 130 valence electrons. The van der Waals surface area contributed by atoms with Crippen molar-refractivity contribution in [2.75, 3.05) is 6.16 Å². The molecule has 0 saturated carbocycles. The molecule has 0 aliphatic rings. The zero-order valence-corrected chi connectivity index (χ0v) is 16.4. The lowest BCUT2D eigenvalue weighted by Gasteiger charge is -2.26. The van der Waals surface area contributed by atoms with Crippen molar-refractivity contribution in [3.63, 3.8) is 0 Å². The van der Waals surface area contributed by atoms with E-state index >= 15 is 0 Å². The van der Waals surface area contributed by atoms with Crippen LogP contribution in [-0.2, 0) is 0 Å². The number of allylic oxidation sites excluding steroid dienone is 2. The lowest BCUT2D eigenvalue weighted by atomic mass is 10.3. The highest BCUT2D eigenvalue weighted by molar-refractivity contribution is 7.95. The number of nitrogens with zero attached hydrogens (tertiary/aromatic N) is 1. The standard InChI is InChI=1S/C23H21NP.ClH/c1-20(19-24)17-18-25(21-11-5-2-6-12-21,22-13-7-3-8-14-22)23-15-9-4-10-16-23;/h2-17H,18H2,1H3;1H/q+1;/p-1/b20-17-;. The van der Waals surface area contributed by atoms with Crippen LogP contribution in [0.1, 0.15) is 6.92 Å². The van der Waals surface area contributed by atoms with Crippen LogP contribution in [0.2, 0.25) is 0 Å². The van der Waals surface area contributed by atoms with Crippen LogP contribution in [0.5, 0.6) is 0 Å². The molecular weight excluding hydrogens is 357 g/mol. The van der Waals surface area contributed by atoms with Crippen LogP contribution in [0.4, 0.5) is 0 Å². The summed E-state index contributed by atoms with van der Waals surface area (Å²) in [5.41, 5.74) is 0.771. The third-order valence-corrected chi connectivity index (χ3v) is 8.71. The summed E-state index contributed by atoms with van der Waals surface area (Å²) >= 11 is 0. The van der Waals surface area contributed by atoms with E-state index < -0.39 is 7.26 Å². The second-order valence-corrected chi connectivity index (χ2v) is 9.53. The molecule has 0 aromatic heterocycles. The van der Waals surface area contributed by atoms with E-state index in [-0.39, 0.29) is 12.4 Å². The number of nitriles is 1. The van der Waals surface area contributed by atoms with Gasteiger partial charge in [0, 0.05) is 5.57 Å². The smallest absolute Gasteiger partial charge is 0.116 e. The van der Waals surface area contributed by atoms with E-state index in [4.69, 9.17) is 0 Å². The average molecular weight is 378 g/mol. The molecule has 3 aromatic rings. The number of hydrogen-bond donors (Lipinski definition) is 0. The van der Waals surface area contributed by atoms with Gasteiger partial charge in [0.25, 0.3) is 0 Å². The molecule has 0 atom stereocenters. The van der Waals surface area contributed by atoms with Crippen LogP contribution in [0, 0.1) is 11.3 Å². The van der Waals surface area contributed by atoms with Gasteiger partial charge in [0.05, 0.1) is 12.2 Å². The Labute approximate surface area is 162 Å². The first-order valence-electron chi connectivity index (χ1n) is 8.39. The van der Waals surface area contributed by atoms with Gasteiger partial charge in [0.15, 0.2) is 0 Å². The van der Waals surface area contributed by atoms with E-state index in [0.29, 0.717) is 0 Å². The summed E-state index contributed by atoms with van der Waals surface area (Å²) in [6.45, 7) is 1.88. The van der Waals surface area contributed by atoms with Crippen molar-refractivity contribution in [3.05, 3.63) is 103 Å². The monoisotopic (exact) mass is 377 g/mol. The number of halogens is 1. The largest absolute Gasteiger partial charge is 1.00 e. The predicted molar refractivity (Wildman–Crippen MR) is 109 cm³/mol. The Morgan fingerprint density at radius 1 is 0.769 bits per heavy atom. The molecule has 1 nitrogen and oxygen atoms in total. The van der Waals surface area contributed by atoms with Gasteiger partial charge in [-0.15, -0.1) is 0 Å². The van der Waals surface area contributed by atoms with Gasteiger partial charge in [0.1, 0.15) is 23.2 Å². The molecule has 0 unspecified atom stereocenters. The van der Waals surface area contributed by atoms with Crippen molar-refractivity contribution in [1.82, 2.24) is 0 Å². The molecule has 0 fully saturated rings. The Hall–Kier alpha value is -2.39. The van der Waals surface area contributed by atoms with Crippen LogP contribution in [0.3, 0.4) is 0 Å². The molecule has 3 aromatic carbocycles. The zero-order valence-electron chi connectivity index (χ0n) is 14.7. The van der Waals surface area contributed by atoms with Gasteiger partial charge in [-0.3, -0.25) is 0 Å². The van der Waals surface area contributed by atoms with Crippen LogP contribution in [-0.4, -0.2) is 6.16 Å². The fourth-order valence-electron chi connectivity index (χ4n) is 3.13. The van der Waals surface area contributed by atoms with Crippen molar-refractivity contribution >= 4 is 23.2 Å².